The van der Waals surface area contributed by atoms with Crippen molar-refractivity contribution in [1.29, 1.82) is 0 Å². The molecule has 0 aliphatic rings. The van der Waals surface area contributed by atoms with Crippen LogP contribution in [0.25, 0.3) is 0 Å². The highest BCUT2D eigenvalue weighted by molar-refractivity contribution is 14.1. The summed E-state index contributed by atoms with van der Waals surface area (Å²) in [6, 6.07) is 0. The van der Waals surface area contributed by atoms with Gasteiger partial charge in [0.05, 0.1) is 20.0 Å². The molecule has 2 rings (SSSR count). The van der Waals surface area contributed by atoms with Crippen molar-refractivity contribution in [3.63, 3.8) is 0 Å². The van der Waals surface area contributed by atoms with Gasteiger partial charge in [-0.3, -0.25) is 4.79 Å². The van der Waals surface area contributed by atoms with Crippen molar-refractivity contribution >= 4 is 33.9 Å². The van der Waals surface area contributed by atoms with Crippen LogP contribution in [0.15, 0.2) is 10.2 Å². The van der Waals surface area contributed by atoms with E-state index in [1.165, 1.54) is 0 Å². The summed E-state index contributed by atoms with van der Waals surface area (Å²) in [7, 11) is 0. The van der Waals surface area contributed by atoms with E-state index in [-0.39, 0.29) is 5.56 Å². The van der Waals surface area contributed by atoms with E-state index in [0.29, 0.717) is 15.8 Å². The minimum absolute atomic E-state index is 0.0561. The Labute approximate surface area is 117 Å². The van der Waals surface area contributed by atoms with Gasteiger partial charge in [0.1, 0.15) is 5.82 Å². The lowest BCUT2D eigenvalue weighted by atomic mass is 10.3. The van der Waals surface area contributed by atoms with Crippen molar-refractivity contribution in [2.45, 2.75) is 26.7 Å². The van der Waals surface area contributed by atoms with Crippen LogP contribution in [0.1, 0.15) is 29.1 Å². The summed E-state index contributed by atoms with van der Waals surface area (Å²) in [5, 5.41) is 3.03. The number of aromatic amines is 1. The molecule has 90 valence electrons. The molecule has 0 atom stereocenters. The van der Waals surface area contributed by atoms with Crippen LogP contribution in [0.5, 0.6) is 0 Å². The predicted molar refractivity (Wildman–Crippen MR) is 76.6 cm³/mol. The summed E-state index contributed by atoms with van der Waals surface area (Å²) >= 11 is 3.65. The zero-order valence-electron chi connectivity index (χ0n) is 9.58. The number of nitrogens with one attached hydrogen (secondary N) is 1. The first-order chi connectivity index (χ1) is 8.10. The lowest BCUT2D eigenvalue weighted by Gasteiger charge is -2.03. The van der Waals surface area contributed by atoms with E-state index in [2.05, 4.69) is 15.0 Å². The zero-order valence-corrected chi connectivity index (χ0v) is 12.6. The first kappa shape index (κ1) is 12.7. The number of nitrogens with zero attached hydrogens (tertiary/aromatic N) is 2. The summed E-state index contributed by atoms with van der Waals surface area (Å²) in [6.07, 6.45) is 1.36. The topological polar surface area (TPSA) is 58.6 Å². The third-order valence-corrected chi connectivity index (χ3v) is 4.27. The molecule has 0 spiro atoms. The average Bonchev–Trinajstić information content (AvgIpc) is 2.69. The molecule has 0 saturated heterocycles. The van der Waals surface area contributed by atoms with Crippen molar-refractivity contribution in [3.8, 4) is 0 Å². The number of rotatable bonds is 3. The fourth-order valence-corrected chi connectivity index (χ4v) is 2.79. The van der Waals surface area contributed by atoms with Gasteiger partial charge in [0, 0.05) is 11.8 Å². The molecule has 0 radical (unpaired) electrons. The summed E-state index contributed by atoms with van der Waals surface area (Å²) in [4.78, 5) is 23.3. The van der Waals surface area contributed by atoms with Crippen LogP contribution >= 0.6 is 33.9 Å². The fraction of sp³-hybridized carbons (Fsp3) is 0.364. The number of thiazole rings is 1. The van der Waals surface area contributed by atoms with Gasteiger partial charge in [-0.1, -0.05) is 6.92 Å². The van der Waals surface area contributed by atoms with Crippen molar-refractivity contribution in [1.82, 2.24) is 15.0 Å². The Morgan fingerprint density at radius 1 is 1.47 bits per heavy atom. The first-order valence-electron chi connectivity index (χ1n) is 5.28. The Bertz CT molecular complexity index is 591. The van der Waals surface area contributed by atoms with Crippen LogP contribution in [0.3, 0.4) is 0 Å². The molecule has 0 aliphatic carbocycles. The van der Waals surface area contributed by atoms with Gasteiger partial charge in [0.15, 0.2) is 0 Å². The summed E-state index contributed by atoms with van der Waals surface area (Å²) in [5.41, 5.74) is 1.76. The third kappa shape index (κ3) is 2.92. The molecule has 2 aromatic heterocycles. The standard InChI is InChI=1S/C11H12IN3OS/c1-3-8-10(12)11(16)15-9(14-8)4-7-5-17-6(2)13-7/h5H,3-4H2,1-2H3,(H,14,15,16). The highest BCUT2D eigenvalue weighted by atomic mass is 127. The van der Waals surface area contributed by atoms with Gasteiger partial charge in [-0.25, -0.2) is 9.97 Å². The molecule has 6 heteroatoms. The van der Waals surface area contributed by atoms with Crippen molar-refractivity contribution in [2.75, 3.05) is 0 Å². The van der Waals surface area contributed by atoms with E-state index >= 15 is 0 Å². The van der Waals surface area contributed by atoms with Gasteiger partial charge in [0.25, 0.3) is 5.56 Å². The van der Waals surface area contributed by atoms with Gasteiger partial charge in [-0.15, -0.1) is 11.3 Å². The maximum Gasteiger partial charge on any atom is 0.264 e. The molecule has 17 heavy (non-hydrogen) atoms. The van der Waals surface area contributed by atoms with Gasteiger partial charge in [-0.05, 0) is 35.9 Å². The van der Waals surface area contributed by atoms with Crippen LogP contribution < -0.4 is 5.56 Å². The summed E-state index contributed by atoms with van der Waals surface area (Å²) in [6.45, 7) is 3.97. The number of hydrogen-bond acceptors (Lipinski definition) is 4. The number of aromatic nitrogens is 3. The number of H-pyrrole nitrogens is 1. The van der Waals surface area contributed by atoms with E-state index < -0.39 is 0 Å². The third-order valence-electron chi connectivity index (χ3n) is 2.33. The monoisotopic (exact) mass is 361 g/mol. The van der Waals surface area contributed by atoms with Crippen LogP contribution in [0.4, 0.5) is 0 Å². The second kappa shape index (κ2) is 5.26. The lowest BCUT2D eigenvalue weighted by Crippen LogP contribution is -2.18. The molecule has 2 aromatic rings. The van der Waals surface area contributed by atoms with E-state index in [1.807, 2.05) is 41.8 Å². The maximum atomic E-state index is 11.7. The molecule has 0 bridgehead atoms. The first-order valence-corrected chi connectivity index (χ1v) is 7.24. The number of hydrogen-bond donors (Lipinski definition) is 1. The Balaban J connectivity index is 2.33. The van der Waals surface area contributed by atoms with Crippen LogP contribution in [0.2, 0.25) is 0 Å². The zero-order chi connectivity index (χ0) is 12.4. The Morgan fingerprint density at radius 2 is 2.24 bits per heavy atom. The van der Waals surface area contributed by atoms with Gasteiger partial charge in [0.2, 0.25) is 0 Å². The number of halogens is 1. The SMILES string of the molecule is CCc1nc(Cc2csc(C)n2)[nH]c(=O)c1I. The summed E-state index contributed by atoms with van der Waals surface area (Å²) in [5.74, 6) is 0.692. The van der Waals surface area contributed by atoms with Gasteiger partial charge >= 0.3 is 0 Å². The van der Waals surface area contributed by atoms with E-state index in [9.17, 15) is 4.79 Å². The van der Waals surface area contributed by atoms with E-state index in [0.717, 1.165) is 22.8 Å². The quantitative estimate of drug-likeness (QED) is 0.854. The normalized spacial score (nSPS) is 10.8. The van der Waals surface area contributed by atoms with Crippen molar-refractivity contribution in [3.05, 3.63) is 41.5 Å². The molecule has 0 aliphatic heterocycles. The van der Waals surface area contributed by atoms with E-state index in [4.69, 9.17) is 0 Å². The molecule has 0 unspecified atom stereocenters. The molecular formula is C11H12IN3OS. The molecule has 0 saturated carbocycles. The van der Waals surface area contributed by atoms with Crippen molar-refractivity contribution < 1.29 is 0 Å². The van der Waals surface area contributed by atoms with Gasteiger partial charge in [-0.2, -0.15) is 0 Å². The van der Waals surface area contributed by atoms with Crippen LogP contribution in [0, 0.1) is 10.5 Å². The maximum absolute atomic E-state index is 11.7. The molecule has 0 aromatic carbocycles. The van der Waals surface area contributed by atoms with Crippen LogP contribution in [-0.2, 0) is 12.8 Å². The summed E-state index contributed by atoms with van der Waals surface area (Å²) < 4.78 is 0.684. The van der Waals surface area contributed by atoms with Gasteiger partial charge < -0.3 is 4.98 Å². The largest absolute Gasteiger partial charge is 0.309 e. The second-order valence-corrected chi connectivity index (χ2v) is 5.80. The molecule has 2 heterocycles. The Kier molecular flexibility index (Phi) is 3.93. The molecule has 0 fully saturated rings. The molecular weight excluding hydrogens is 349 g/mol. The number of aryl methyl sites for hydroxylation is 2. The average molecular weight is 361 g/mol. The Hall–Kier alpha value is -0.760. The Morgan fingerprint density at radius 3 is 2.82 bits per heavy atom. The van der Waals surface area contributed by atoms with E-state index in [1.54, 1.807) is 11.3 Å². The van der Waals surface area contributed by atoms with Crippen molar-refractivity contribution in [2.24, 2.45) is 0 Å². The highest BCUT2D eigenvalue weighted by Crippen LogP contribution is 2.12. The van der Waals surface area contributed by atoms with Crippen LogP contribution in [-0.4, -0.2) is 15.0 Å². The molecule has 4 nitrogen and oxygen atoms in total. The fourth-order valence-electron chi connectivity index (χ4n) is 1.54. The smallest absolute Gasteiger partial charge is 0.264 e. The molecule has 0 amide bonds. The lowest BCUT2D eigenvalue weighted by molar-refractivity contribution is 0.864. The minimum Gasteiger partial charge on any atom is -0.309 e. The second-order valence-electron chi connectivity index (χ2n) is 3.66. The highest BCUT2D eigenvalue weighted by Gasteiger charge is 2.08. The predicted octanol–water partition coefficient (Wildman–Crippen LogP) is 2.29. The molecule has 1 N–H and O–H groups in total. The minimum atomic E-state index is -0.0561.